The predicted octanol–water partition coefficient (Wildman–Crippen LogP) is 2.84. The number of H-pyrrole nitrogens is 1. The number of halogens is 1. The molecule has 3 aromatic heterocycles. The number of rotatable bonds is 2. The topological polar surface area (TPSA) is 122 Å². The average molecular weight is 365 g/mol. The molecule has 9 heteroatoms. The van der Waals surface area contributed by atoms with Crippen LogP contribution in [0.1, 0.15) is 11.4 Å². The lowest BCUT2D eigenvalue weighted by Gasteiger charge is -2.10. The first kappa shape index (κ1) is 16.1. The largest absolute Gasteiger partial charge is 0.381 e. The van der Waals surface area contributed by atoms with E-state index < -0.39 is 0 Å². The molecule has 0 saturated heterocycles. The van der Waals surface area contributed by atoms with Crippen molar-refractivity contribution in [3.05, 3.63) is 40.9 Å². The number of anilines is 1. The molecule has 0 spiro atoms. The summed E-state index contributed by atoms with van der Waals surface area (Å²) < 4.78 is 1.69. The van der Waals surface area contributed by atoms with Crippen LogP contribution < -0.4 is 5.73 Å². The SMILES string of the molecule is Cc1nn(C)cc1-c1nc(N)c(C#N)nc1-c1cc(Cl)c2[nH]ncc2c1. The summed E-state index contributed by atoms with van der Waals surface area (Å²) in [6.45, 7) is 1.88. The zero-order valence-corrected chi connectivity index (χ0v) is 14.7. The molecule has 3 heterocycles. The molecule has 0 unspecified atom stereocenters. The van der Waals surface area contributed by atoms with E-state index in [1.807, 2.05) is 32.3 Å². The Balaban J connectivity index is 2.05. The van der Waals surface area contributed by atoms with Gasteiger partial charge in [-0.2, -0.15) is 15.5 Å². The Bertz CT molecular complexity index is 1200. The van der Waals surface area contributed by atoms with Gasteiger partial charge in [-0.3, -0.25) is 9.78 Å². The van der Waals surface area contributed by atoms with Gasteiger partial charge in [0.1, 0.15) is 11.8 Å². The molecule has 4 rings (SSSR count). The standard InChI is InChI=1S/C17H13ClN8/c1-8-11(7-26(2)25-8)16-15(22-13(5-19)17(20)23-16)9-3-10-6-21-24-14(10)12(18)4-9/h3-4,6-7H,1-2H3,(H2,20,23)(H,21,24). The van der Waals surface area contributed by atoms with E-state index in [4.69, 9.17) is 17.3 Å². The van der Waals surface area contributed by atoms with Crippen LogP contribution in [0.2, 0.25) is 5.02 Å². The van der Waals surface area contributed by atoms with Gasteiger partial charge in [-0.1, -0.05) is 11.6 Å². The van der Waals surface area contributed by atoms with E-state index in [9.17, 15) is 5.26 Å². The molecular weight excluding hydrogens is 352 g/mol. The number of aromatic nitrogens is 6. The maximum atomic E-state index is 9.31. The van der Waals surface area contributed by atoms with Crippen molar-refractivity contribution in [3.8, 4) is 28.6 Å². The Kier molecular flexibility index (Phi) is 3.60. The highest BCUT2D eigenvalue weighted by atomic mass is 35.5. The smallest absolute Gasteiger partial charge is 0.183 e. The number of fused-ring (bicyclic) bond motifs is 1. The van der Waals surface area contributed by atoms with E-state index >= 15 is 0 Å². The summed E-state index contributed by atoms with van der Waals surface area (Å²) in [6.07, 6.45) is 3.52. The van der Waals surface area contributed by atoms with E-state index in [-0.39, 0.29) is 11.5 Å². The third kappa shape index (κ3) is 2.46. The molecular formula is C17H13ClN8. The molecule has 0 aliphatic carbocycles. The molecule has 4 aromatic rings. The van der Waals surface area contributed by atoms with Crippen LogP contribution in [0, 0.1) is 18.3 Å². The highest BCUT2D eigenvalue weighted by molar-refractivity contribution is 6.35. The second kappa shape index (κ2) is 5.82. The Hall–Kier alpha value is -3.44. The number of nitrogens with zero attached hydrogens (tertiary/aromatic N) is 6. The molecule has 8 nitrogen and oxygen atoms in total. The van der Waals surface area contributed by atoms with Crippen LogP contribution >= 0.6 is 11.6 Å². The summed E-state index contributed by atoms with van der Waals surface area (Å²) in [7, 11) is 1.82. The van der Waals surface area contributed by atoms with Crippen LogP contribution in [-0.4, -0.2) is 29.9 Å². The van der Waals surface area contributed by atoms with Crippen molar-refractivity contribution in [3.63, 3.8) is 0 Å². The van der Waals surface area contributed by atoms with Crippen molar-refractivity contribution in [2.24, 2.45) is 7.05 Å². The molecule has 0 bridgehead atoms. The monoisotopic (exact) mass is 364 g/mol. The first-order valence-corrected chi connectivity index (χ1v) is 8.07. The lowest BCUT2D eigenvalue weighted by atomic mass is 10.0. The lowest BCUT2D eigenvalue weighted by molar-refractivity contribution is 0.756. The molecule has 128 valence electrons. The fourth-order valence-electron chi connectivity index (χ4n) is 2.90. The third-order valence-corrected chi connectivity index (χ3v) is 4.37. The molecule has 0 aliphatic rings. The number of hydrogen-bond acceptors (Lipinski definition) is 6. The first-order chi connectivity index (χ1) is 12.5. The van der Waals surface area contributed by atoms with E-state index in [0.717, 1.165) is 22.2 Å². The van der Waals surface area contributed by atoms with Crippen molar-refractivity contribution < 1.29 is 0 Å². The van der Waals surface area contributed by atoms with Gasteiger partial charge in [-0.25, -0.2) is 9.97 Å². The summed E-state index contributed by atoms with van der Waals surface area (Å²) in [5, 5.41) is 21.9. The van der Waals surface area contributed by atoms with E-state index in [0.29, 0.717) is 22.0 Å². The highest BCUT2D eigenvalue weighted by Gasteiger charge is 2.20. The molecule has 0 fully saturated rings. The molecule has 0 atom stereocenters. The van der Waals surface area contributed by atoms with E-state index in [2.05, 4.69) is 25.3 Å². The average Bonchev–Trinajstić information content (AvgIpc) is 3.20. The van der Waals surface area contributed by atoms with Crippen molar-refractivity contribution in [1.29, 1.82) is 5.26 Å². The van der Waals surface area contributed by atoms with Crippen LogP contribution in [0.15, 0.2) is 24.5 Å². The number of nitrogens with one attached hydrogen (secondary N) is 1. The van der Waals surface area contributed by atoms with Crippen LogP contribution in [0.3, 0.4) is 0 Å². The molecule has 0 radical (unpaired) electrons. The third-order valence-electron chi connectivity index (χ3n) is 4.07. The zero-order chi connectivity index (χ0) is 18.4. The first-order valence-electron chi connectivity index (χ1n) is 7.69. The number of nitrogens with two attached hydrogens (primary N) is 1. The lowest BCUT2D eigenvalue weighted by Crippen LogP contribution is -2.03. The Labute approximate surface area is 153 Å². The molecule has 0 aliphatic heterocycles. The van der Waals surface area contributed by atoms with Gasteiger partial charge in [0.25, 0.3) is 0 Å². The summed E-state index contributed by atoms with van der Waals surface area (Å²) >= 11 is 6.37. The van der Waals surface area contributed by atoms with Gasteiger partial charge in [0.2, 0.25) is 0 Å². The van der Waals surface area contributed by atoms with Gasteiger partial charge in [-0.15, -0.1) is 0 Å². The van der Waals surface area contributed by atoms with Crippen molar-refractivity contribution in [2.75, 3.05) is 5.73 Å². The fraction of sp³-hybridized carbons (Fsp3) is 0.118. The van der Waals surface area contributed by atoms with Gasteiger partial charge in [0.15, 0.2) is 11.5 Å². The van der Waals surface area contributed by atoms with Gasteiger partial charge in [0.05, 0.1) is 28.1 Å². The summed E-state index contributed by atoms with van der Waals surface area (Å²) in [4.78, 5) is 8.88. The maximum absolute atomic E-state index is 9.31. The number of nitrogen functional groups attached to an aromatic ring is 1. The quantitative estimate of drug-likeness (QED) is 0.564. The van der Waals surface area contributed by atoms with Crippen LogP contribution in [0.25, 0.3) is 33.4 Å². The van der Waals surface area contributed by atoms with Gasteiger partial charge in [-0.05, 0) is 19.1 Å². The second-order valence-electron chi connectivity index (χ2n) is 5.86. The zero-order valence-electron chi connectivity index (χ0n) is 13.9. The van der Waals surface area contributed by atoms with Crippen molar-refractivity contribution in [2.45, 2.75) is 6.92 Å². The number of aromatic amines is 1. The summed E-state index contributed by atoms with van der Waals surface area (Å²) in [5.41, 5.74) is 10.1. The van der Waals surface area contributed by atoms with Gasteiger partial charge >= 0.3 is 0 Å². The van der Waals surface area contributed by atoms with Crippen LogP contribution in [0.5, 0.6) is 0 Å². The number of benzene rings is 1. The molecule has 3 N–H and O–H groups in total. The van der Waals surface area contributed by atoms with Gasteiger partial charge in [0, 0.05) is 29.8 Å². The normalized spacial score (nSPS) is 11.0. The summed E-state index contributed by atoms with van der Waals surface area (Å²) in [6, 6.07) is 5.63. The number of hydrogen-bond donors (Lipinski definition) is 2. The minimum Gasteiger partial charge on any atom is -0.381 e. The number of aryl methyl sites for hydroxylation is 2. The van der Waals surface area contributed by atoms with Crippen LogP contribution in [0.4, 0.5) is 5.82 Å². The Morgan fingerprint density at radius 3 is 2.77 bits per heavy atom. The highest BCUT2D eigenvalue weighted by Crippen LogP contribution is 2.35. The van der Waals surface area contributed by atoms with E-state index in [1.54, 1.807) is 16.9 Å². The molecule has 0 amide bonds. The summed E-state index contributed by atoms with van der Waals surface area (Å²) in [5.74, 6) is 0.0741. The Morgan fingerprint density at radius 1 is 1.27 bits per heavy atom. The van der Waals surface area contributed by atoms with Crippen molar-refractivity contribution >= 4 is 28.3 Å². The minimum atomic E-state index is 0.0636. The van der Waals surface area contributed by atoms with Gasteiger partial charge < -0.3 is 5.73 Å². The number of nitriles is 1. The fourth-order valence-corrected chi connectivity index (χ4v) is 3.17. The predicted molar refractivity (Wildman–Crippen MR) is 98.2 cm³/mol. The maximum Gasteiger partial charge on any atom is 0.183 e. The second-order valence-corrected chi connectivity index (χ2v) is 6.27. The molecule has 0 saturated carbocycles. The molecule has 26 heavy (non-hydrogen) atoms. The van der Waals surface area contributed by atoms with Crippen LogP contribution in [-0.2, 0) is 7.05 Å². The minimum absolute atomic E-state index is 0.0636. The van der Waals surface area contributed by atoms with Crippen molar-refractivity contribution in [1.82, 2.24) is 29.9 Å². The molecule has 1 aromatic carbocycles. The Morgan fingerprint density at radius 2 is 2.08 bits per heavy atom. The van der Waals surface area contributed by atoms with E-state index in [1.165, 1.54) is 0 Å².